The van der Waals surface area contributed by atoms with E-state index in [2.05, 4.69) is 20.2 Å². The van der Waals surface area contributed by atoms with Gasteiger partial charge in [-0.2, -0.15) is 0 Å². The molecule has 2 aliphatic heterocycles. The number of pyridine rings is 1. The fraction of sp³-hybridized carbons (Fsp3) is 0.500. The molecule has 21 heavy (non-hydrogen) atoms. The Kier molecular flexibility index (Phi) is 2.79. The normalized spacial score (nSPS) is 27.4. The van der Waals surface area contributed by atoms with Gasteiger partial charge in [0.1, 0.15) is 5.65 Å². The van der Waals surface area contributed by atoms with E-state index in [0.717, 1.165) is 29.7 Å². The minimum absolute atomic E-state index is 0.00951. The third-order valence-corrected chi connectivity index (χ3v) is 5.10. The molecule has 2 aromatic heterocycles. The van der Waals surface area contributed by atoms with Crippen molar-refractivity contribution in [1.82, 2.24) is 20.2 Å². The van der Waals surface area contributed by atoms with Crippen molar-refractivity contribution in [3.05, 3.63) is 29.6 Å². The van der Waals surface area contributed by atoms with Gasteiger partial charge in [0, 0.05) is 36.3 Å². The van der Waals surface area contributed by atoms with Gasteiger partial charge in [-0.15, -0.1) is 0 Å². The van der Waals surface area contributed by atoms with Gasteiger partial charge in [-0.1, -0.05) is 0 Å². The van der Waals surface area contributed by atoms with E-state index in [1.807, 2.05) is 19.2 Å². The summed E-state index contributed by atoms with van der Waals surface area (Å²) in [6.07, 6.45) is 5.99. The smallest absolute Gasteiger partial charge is 0.252 e. The van der Waals surface area contributed by atoms with E-state index >= 15 is 0 Å². The number of aromatic amines is 1. The van der Waals surface area contributed by atoms with E-state index in [1.54, 1.807) is 6.20 Å². The Bertz CT molecular complexity index is 697. The Morgan fingerprint density at radius 2 is 2.29 bits per heavy atom. The molecule has 0 spiro atoms. The molecule has 110 valence electrons. The van der Waals surface area contributed by atoms with Crippen LogP contribution in [0.15, 0.2) is 18.5 Å². The summed E-state index contributed by atoms with van der Waals surface area (Å²) in [5, 5.41) is 4.14. The molecule has 4 rings (SSSR count). The van der Waals surface area contributed by atoms with Crippen LogP contribution in [0.5, 0.6) is 0 Å². The summed E-state index contributed by atoms with van der Waals surface area (Å²) in [6.45, 7) is 6.32. The number of H-pyrrole nitrogens is 1. The average molecular weight is 284 g/mol. The lowest BCUT2D eigenvalue weighted by Gasteiger charge is -2.25. The predicted molar refractivity (Wildman–Crippen MR) is 81.3 cm³/mol. The number of hydrogen-bond acceptors (Lipinski definition) is 3. The number of nitrogens with zero attached hydrogens (tertiary/aromatic N) is 2. The number of fused-ring (bicyclic) bond motifs is 3. The fourth-order valence-corrected chi connectivity index (χ4v) is 3.68. The average Bonchev–Trinajstić information content (AvgIpc) is 3.20. The van der Waals surface area contributed by atoms with Crippen LogP contribution >= 0.6 is 0 Å². The molecule has 0 atom stereocenters. The van der Waals surface area contributed by atoms with Crippen molar-refractivity contribution < 1.29 is 4.79 Å². The number of rotatable bonds is 3. The van der Waals surface area contributed by atoms with Gasteiger partial charge in [0.2, 0.25) is 0 Å². The summed E-state index contributed by atoms with van der Waals surface area (Å²) in [5.41, 5.74) is 2.92. The summed E-state index contributed by atoms with van der Waals surface area (Å²) in [6, 6.07) is 1.93. The van der Waals surface area contributed by atoms with E-state index in [9.17, 15) is 4.79 Å². The number of aryl methyl sites for hydroxylation is 1. The van der Waals surface area contributed by atoms with Crippen LogP contribution in [0.4, 0.5) is 0 Å². The van der Waals surface area contributed by atoms with Crippen LogP contribution in [0, 0.1) is 12.3 Å². The third-order valence-electron chi connectivity index (χ3n) is 5.10. The Labute approximate surface area is 123 Å². The Morgan fingerprint density at radius 1 is 1.48 bits per heavy atom. The predicted octanol–water partition coefficient (Wildman–Crippen LogP) is 1.70. The van der Waals surface area contributed by atoms with Crippen LogP contribution in [0.3, 0.4) is 0 Å². The summed E-state index contributed by atoms with van der Waals surface area (Å²) in [7, 11) is 0. The highest BCUT2D eigenvalue weighted by Crippen LogP contribution is 2.39. The van der Waals surface area contributed by atoms with Crippen molar-refractivity contribution in [1.29, 1.82) is 0 Å². The first kappa shape index (κ1) is 12.8. The quantitative estimate of drug-likeness (QED) is 0.902. The maximum atomic E-state index is 12.4. The third kappa shape index (κ3) is 2.12. The van der Waals surface area contributed by atoms with Crippen molar-refractivity contribution in [2.24, 2.45) is 5.41 Å². The Balaban J connectivity index is 1.49. The molecule has 5 heteroatoms. The fourth-order valence-electron chi connectivity index (χ4n) is 3.68. The van der Waals surface area contributed by atoms with E-state index in [0.29, 0.717) is 11.0 Å². The van der Waals surface area contributed by atoms with Crippen LogP contribution in [-0.2, 0) is 0 Å². The zero-order valence-corrected chi connectivity index (χ0v) is 12.3. The molecule has 2 fully saturated rings. The highest BCUT2D eigenvalue weighted by atomic mass is 16.1. The molecule has 2 bridgehead atoms. The maximum absolute atomic E-state index is 12.4. The number of nitrogens with one attached hydrogen (secondary N) is 2. The van der Waals surface area contributed by atoms with Crippen LogP contribution in [-0.4, -0.2) is 47.0 Å². The number of piperidine rings is 1. The summed E-state index contributed by atoms with van der Waals surface area (Å²) < 4.78 is 0. The van der Waals surface area contributed by atoms with Crippen LogP contribution < -0.4 is 5.32 Å². The van der Waals surface area contributed by atoms with E-state index in [-0.39, 0.29) is 5.91 Å². The highest BCUT2D eigenvalue weighted by molar-refractivity contribution is 5.97. The minimum Gasteiger partial charge on any atom is -0.351 e. The van der Waals surface area contributed by atoms with Crippen molar-refractivity contribution in [2.45, 2.75) is 19.8 Å². The van der Waals surface area contributed by atoms with Gasteiger partial charge < -0.3 is 15.2 Å². The minimum atomic E-state index is -0.00951. The van der Waals surface area contributed by atoms with Crippen LogP contribution in [0.25, 0.3) is 11.0 Å². The first-order valence-electron chi connectivity index (χ1n) is 7.60. The van der Waals surface area contributed by atoms with Crippen molar-refractivity contribution >= 4 is 16.9 Å². The molecule has 4 heterocycles. The summed E-state index contributed by atoms with van der Waals surface area (Å²) >= 11 is 0. The number of carbonyl (C=O) groups is 1. The molecule has 0 saturated carbocycles. The summed E-state index contributed by atoms with van der Waals surface area (Å²) in [5.74, 6) is -0.00951. The lowest BCUT2D eigenvalue weighted by molar-refractivity contribution is 0.0934. The molecule has 5 nitrogen and oxygen atoms in total. The van der Waals surface area contributed by atoms with Gasteiger partial charge in [0.05, 0.1) is 5.56 Å². The first-order chi connectivity index (χ1) is 10.2. The second-order valence-corrected chi connectivity index (χ2v) is 6.55. The maximum Gasteiger partial charge on any atom is 0.252 e. The van der Waals surface area contributed by atoms with Crippen molar-refractivity contribution in [3.8, 4) is 0 Å². The molecule has 0 aromatic carbocycles. The lowest BCUT2D eigenvalue weighted by Crippen LogP contribution is -2.37. The van der Waals surface area contributed by atoms with Gasteiger partial charge in [-0.05, 0) is 44.5 Å². The van der Waals surface area contributed by atoms with E-state index in [1.165, 1.54) is 25.9 Å². The standard InChI is InChI=1S/C16H20N4O/c1-11-7-17-14-13(11)6-12(8-18-14)15(21)19-9-16-2-4-20(10-16)5-3-16/h6-8H,2-5,9-10H2,1H3,(H,17,18)(H,19,21). The largest absolute Gasteiger partial charge is 0.351 e. The lowest BCUT2D eigenvalue weighted by atomic mass is 9.84. The monoisotopic (exact) mass is 284 g/mol. The number of amides is 1. The molecule has 0 radical (unpaired) electrons. The van der Waals surface area contributed by atoms with E-state index < -0.39 is 0 Å². The Morgan fingerprint density at radius 3 is 3.00 bits per heavy atom. The Hall–Kier alpha value is -1.88. The van der Waals surface area contributed by atoms with Gasteiger partial charge >= 0.3 is 0 Å². The van der Waals surface area contributed by atoms with Gasteiger partial charge in [0.25, 0.3) is 5.91 Å². The zero-order chi connectivity index (χ0) is 14.4. The SMILES string of the molecule is Cc1c[nH]c2ncc(C(=O)NCC34CCN(CC3)C4)cc12. The second kappa shape index (κ2) is 4.56. The van der Waals surface area contributed by atoms with E-state index in [4.69, 9.17) is 0 Å². The molecule has 2 aliphatic rings. The second-order valence-electron chi connectivity index (χ2n) is 6.55. The van der Waals surface area contributed by atoms with Crippen molar-refractivity contribution in [3.63, 3.8) is 0 Å². The summed E-state index contributed by atoms with van der Waals surface area (Å²) in [4.78, 5) is 22.3. The highest BCUT2D eigenvalue weighted by Gasteiger charge is 2.43. The van der Waals surface area contributed by atoms with Crippen LogP contribution in [0.1, 0.15) is 28.8 Å². The molecular weight excluding hydrogens is 264 g/mol. The molecule has 2 aromatic rings. The topological polar surface area (TPSA) is 61.0 Å². The zero-order valence-electron chi connectivity index (χ0n) is 12.3. The number of aromatic nitrogens is 2. The first-order valence-corrected chi connectivity index (χ1v) is 7.60. The number of carbonyl (C=O) groups excluding carboxylic acids is 1. The molecular formula is C16H20N4O. The van der Waals surface area contributed by atoms with Gasteiger partial charge in [-0.3, -0.25) is 4.79 Å². The van der Waals surface area contributed by atoms with Crippen LogP contribution in [0.2, 0.25) is 0 Å². The van der Waals surface area contributed by atoms with Gasteiger partial charge in [-0.25, -0.2) is 4.98 Å². The molecule has 2 N–H and O–H groups in total. The molecule has 2 saturated heterocycles. The van der Waals surface area contributed by atoms with Crippen molar-refractivity contribution in [2.75, 3.05) is 26.2 Å². The number of hydrogen-bond donors (Lipinski definition) is 2. The molecule has 1 amide bonds. The molecule has 0 unspecified atom stereocenters. The molecule has 0 aliphatic carbocycles. The van der Waals surface area contributed by atoms with Gasteiger partial charge in [0.15, 0.2) is 0 Å².